The lowest BCUT2D eigenvalue weighted by Crippen LogP contribution is -2.28. The van der Waals surface area contributed by atoms with Gasteiger partial charge in [-0.05, 0) is 26.0 Å². The van der Waals surface area contributed by atoms with Crippen LogP contribution < -0.4 is 5.32 Å². The van der Waals surface area contributed by atoms with Gasteiger partial charge in [-0.1, -0.05) is 30.3 Å². The fourth-order valence-electron chi connectivity index (χ4n) is 2.83. The third-order valence-electron chi connectivity index (χ3n) is 3.92. The lowest BCUT2D eigenvalue weighted by atomic mass is 9.99. The Hall–Kier alpha value is -2.56. The van der Waals surface area contributed by atoms with Crippen molar-refractivity contribution >= 4 is 16.8 Å². The molecule has 1 atom stereocenters. The summed E-state index contributed by atoms with van der Waals surface area (Å²) in [7, 11) is 0. The molecule has 2 N–H and O–H groups in total. The first-order valence-corrected chi connectivity index (χ1v) is 7.35. The molecule has 5 nitrogen and oxygen atoms in total. The van der Waals surface area contributed by atoms with Crippen LogP contribution in [0.25, 0.3) is 10.9 Å². The molecule has 1 unspecified atom stereocenters. The van der Waals surface area contributed by atoms with E-state index in [4.69, 9.17) is 4.52 Å². The number of carbonyl (C=O) groups is 1. The number of aryl methyl sites for hydroxylation is 2. The summed E-state index contributed by atoms with van der Waals surface area (Å²) in [6, 6.07) is 9.70. The molecule has 0 aliphatic rings. The molecule has 0 saturated carbocycles. The van der Waals surface area contributed by atoms with Gasteiger partial charge >= 0.3 is 0 Å². The molecule has 2 aromatic heterocycles. The molecular formula is C17H19N3O2. The van der Waals surface area contributed by atoms with Gasteiger partial charge in [-0.2, -0.15) is 0 Å². The van der Waals surface area contributed by atoms with Gasteiger partial charge in [-0.25, -0.2) is 0 Å². The van der Waals surface area contributed by atoms with Crippen LogP contribution in [0.1, 0.15) is 40.3 Å². The van der Waals surface area contributed by atoms with Crippen molar-refractivity contribution in [2.75, 3.05) is 6.54 Å². The van der Waals surface area contributed by atoms with E-state index in [2.05, 4.69) is 22.4 Å². The number of H-pyrrole nitrogens is 1. The molecule has 3 rings (SSSR count). The van der Waals surface area contributed by atoms with E-state index < -0.39 is 0 Å². The Balaban J connectivity index is 1.69. The van der Waals surface area contributed by atoms with E-state index in [0.717, 1.165) is 27.9 Å². The molecule has 114 valence electrons. The summed E-state index contributed by atoms with van der Waals surface area (Å²) < 4.78 is 5.18. The van der Waals surface area contributed by atoms with Crippen molar-refractivity contribution < 1.29 is 9.32 Å². The maximum Gasteiger partial charge on any atom is 0.267 e. The second-order valence-corrected chi connectivity index (χ2v) is 5.62. The third kappa shape index (κ3) is 2.62. The highest BCUT2D eigenvalue weighted by atomic mass is 16.5. The fourth-order valence-corrected chi connectivity index (χ4v) is 2.83. The number of para-hydroxylation sites is 1. The topological polar surface area (TPSA) is 70.9 Å². The Morgan fingerprint density at radius 1 is 1.36 bits per heavy atom. The number of hydrogen-bond acceptors (Lipinski definition) is 3. The summed E-state index contributed by atoms with van der Waals surface area (Å²) in [4.78, 5) is 15.4. The van der Waals surface area contributed by atoms with Crippen molar-refractivity contribution in [2.45, 2.75) is 26.7 Å². The van der Waals surface area contributed by atoms with E-state index in [9.17, 15) is 4.79 Å². The second kappa shape index (κ2) is 5.67. The van der Waals surface area contributed by atoms with Gasteiger partial charge in [-0.15, -0.1) is 0 Å². The lowest BCUT2D eigenvalue weighted by molar-refractivity contribution is 0.0947. The van der Waals surface area contributed by atoms with Crippen LogP contribution in [-0.2, 0) is 0 Å². The largest absolute Gasteiger partial charge is 0.361 e. The van der Waals surface area contributed by atoms with E-state index >= 15 is 0 Å². The zero-order valence-electron chi connectivity index (χ0n) is 12.9. The van der Waals surface area contributed by atoms with E-state index in [0.29, 0.717) is 12.2 Å². The summed E-state index contributed by atoms with van der Waals surface area (Å²) in [5, 5.41) is 7.95. The number of amides is 1. The predicted octanol–water partition coefficient (Wildman–Crippen LogP) is 3.31. The van der Waals surface area contributed by atoms with E-state index in [1.807, 2.05) is 44.2 Å². The number of hydrogen-bond donors (Lipinski definition) is 2. The molecule has 0 spiro atoms. The maximum atomic E-state index is 12.3. The van der Waals surface area contributed by atoms with Crippen molar-refractivity contribution in [1.29, 1.82) is 0 Å². The first-order valence-electron chi connectivity index (χ1n) is 7.35. The van der Waals surface area contributed by atoms with Gasteiger partial charge in [0.05, 0.1) is 5.69 Å². The minimum atomic E-state index is -0.102. The zero-order chi connectivity index (χ0) is 15.7. The third-order valence-corrected chi connectivity index (χ3v) is 3.92. The minimum absolute atomic E-state index is 0.102. The van der Waals surface area contributed by atoms with Gasteiger partial charge in [0, 0.05) is 28.9 Å². The van der Waals surface area contributed by atoms with E-state index in [-0.39, 0.29) is 11.8 Å². The smallest absolute Gasteiger partial charge is 0.267 e. The van der Waals surface area contributed by atoms with Crippen molar-refractivity contribution in [3.05, 3.63) is 53.0 Å². The van der Waals surface area contributed by atoms with Gasteiger partial charge < -0.3 is 14.8 Å². The van der Waals surface area contributed by atoms with Crippen LogP contribution in [0.4, 0.5) is 0 Å². The van der Waals surface area contributed by atoms with Crippen LogP contribution in [-0.4, -0.2) is 22.6 Å². The van der Waals surface area contributed by atoms with E-state index in [1.54, 1.807) is 0 Å². The van der Waals surface area contributed by atoms with Crippen LogP contribution in [0.5, 0.6) is 0 Å². The summed E-state index contributed by atoms with van der Waals surface area (Å²) in [5.41, 5.74) is 3.49. The average molecular weight is 297 g/mol. The van der Waals surface area contributed by atoms with Crippen molar-refractivity contribution in [3.63, 3.8) is 0 Å². The van der Waals surface area contributed by atoms with Gasteiger partial charge in [-0.3, -0.25) is 4.79 Å². The number of nitrogens with one attached hydrogen (secondary N) is 2. The number of benzene rings is 1. The Morgan fingerprint density at radius 3 is 2.82 bits per heavy atom. The molecule has 0 bridgehead atoms. The quantitative estimate of drug-likeness (QED) is 0.776. The molecule has 1 aromatic carbocycles. The van der Waals surface area contributed by atoms with Crippen molar-refractivity contribution in [3.8, 4) is 0 Å². The normalized spacial score (nSPS) is 12.5. The molecular weight excluding hydrogens is 278 g/mol. The van der Waals surface area contributed by atoms with Crippen LogP contribution in [0.2, 0.25) is 0 Å². The minimum Gasteiger partial charge on any atom is -0.361 e. The number of nitrogens with zero attached hydrogens (tertiary/aromatic N) is 1. The Kier molecular flexibility index (Phi) is 3.71. The van der Waals surface area contributed by atoms with Gasteiger partial charge in [0.1, 0.15) is 11.5 Å². The summed E-state index contributed by atoms with van der Waals surface area (Å²) in [6.45, 7) is 6.41. The van der Waals surface area contributed by atoms with Crippen LogP contribution >= 0.6 is 0 Å². The standard InChI is InChI=1S/C17H19N3O2/c1-10(16-11(2)20-22-12(16)3)9-18-17(21)15-8-13-6-4-5-7-14(13)19-15/h4-8,10,19H,9H2,1-3H3,(H,18,21). The van der Waals surface area contributed by atoms with Crippen LogP contribution in [0, 0.1) is 13.8 Å². The molecule has 1 amide bonds. The number of fused-ring (bicyclic) bond motifs is 1. The van der Waals surface area contributed by atoms with Crippen molar-refractivity contribution in [1.82, 2.24) is 15.5 Å². The summed E-state index contributed by atoms with van der Waals surface area (Å²) >= 11 is 0. The SMILES string of the molecule is Cc1noc(C)c1C(C)CNC(=O)c1cc2ccccc2[nH]1. The summed E-state index contributed by atoms with van der Waals surface area (Å²) in [6.07, 6.45) is 0. The molecule has 2 heterocycles. The highest BCUT2D eigenvalue weighted by Crippen LogP contribution is 2.22. The molecule has 0 fully saturated rings. The molecule has 0 aliphatic carbocycles. The number of aromatic amines is 1. The predicted molar refractivity (Wildman–Crippen MR) is 85.0 cm³/mol. The fraction of sp³-hybridized carbons (Fsp3) is 0.294. The first kappa shape index (κ1) is 14.4. The molecule has 3 aromatic rings. The highest BCUT2D eigenvalue weighted by molar-refractivity contribution is 5.97. The summed E-state index contributed by atoms with van der Waals surface area (Å²) in [5.74, 6) is 0.860. The first-order chi connectivity index (χ1) is 10.6. The Labute approximate surface area is 128 Å². The van der Waals surface area contributed by atoms with Crippen molar-refractivity contribution in [2.24, 2.45) is 0 Å². The van der Waals surface area contributed by atoms with Gasteiger partial charge in [0.25, 0.3) is 5.91 Å². The monoisotopic (exact) mass is 297 g/mol. The molecule has 0 aliphatic heterocycles. The Bertz CT molecular complexity index is 764. The lowest BCUT2D eigenvalue weighted by Gasteiger charge is -2.12. The maximum absolute atomic E-state index is 12.3. The van der Waals surface area contributed by atoms with Crippen LogP contribution in [0.3, 0.4) is 0 Å². The second-order valence-electron chi connectivity index (χ2n) is 5.62. The van der Waals surface area contributed by atoms with Gasteiger partial charge in [0.2, 0.25) is 0 Å². The number of aromatic nitrogens is 2. The number of carbonyl (C=O) groups excluding carboxylic acids is 1. The average Bonchev–Trinajstić information content (AvgIpc) is 3.08. The molecule has 0 radical (unpaired) electrons. The highest BCUT2D eigenvalue weighted by Gasteiger charge is 2.18. The number of rotatable bonds is 4. The molecule has 0 saturated heterocycles. The zero-order valence-corrected chi connectivity index (χ0v) is 12.9. The Morgan fingerprint density at radius 2 is 2.14 bits per heavy atom. The van der Waals surface area contributed by atoms with E-state index in [1.165, 1.54) is 0 Å². The van der Waals surface area contributed by atoms with Gasteiger partial charge in [0.15, 0.2) is 0 Å². The molecule has 5 heteroatoms. The molecule has 22 heavy (non-hydrogen) atoms. The van der Waals surface area contributed by atoms with Crippen LogP contribution in [0.15, 0.2) is 34.9 Å².